The van der Waals surface area contributed by atoms with Crippen LogP contribution >= 0.6 is 11.6 Å². The number of halogens is 1. The molecule has 1 saturated heterocycles. The Balaban J connectivity index is 0.00000176. The van der Waals surface area contributed by atoms with Crippen molar-refractivity contribution in [3.05, 3.63) is 23.3 Å². The molecule has 2 aromatic rings. The minimum atomic E-state index is -1.43. The van der Waals surface area contributed by atoms with Gasteiger partial charge in [0.2, 0.25) is 0 Å². The van der Waals surface area contributed by atoms with Gasteiger partial charge in [-0.05, 0) is 6.07 Å². The van der Waals surface area contributed by atoms with Crippen LogP contribution in [0.4, 0.5) is 5.82 Å². The largest absolute Gasteiger partial charge is 0.481 e. The number of fused-ring (bicyclic) bond motifs is 1. The summed E-state index contributed by atoms with van der Waals surface area (Å²) in [4.78, 5) is 7.85. The quantitative estimate of drug-likeness (QED) is 0.480. The molecule has 0 bridgehead atoms. The number of nitrogens with zero attached hydrogens (tertiary/aromatic N) is 3. The molecule has 1 aliphatic rings. The van der Waals surface area contributed by atoms with Crippen LogP contribution < -0.4 is 0 Å². The maximum absolute atomic E-state index is 10.1. The second kappa shape index (κ2) is 6.13. The van der Waals surface area contributed by atoms with Gasteiger partial charge in [0.15, 0.2) is 5.60 Å². The van der Waals surface area contributed by atoms with E-state index < -0.39 is 24.5 Å². The molecule has 9 heteroatoms. The van der Waals surface area contributed by atoms with Crippen LogP contribution in [0.2, 0.25) is 5.28 Å². The molecule has 1 fully saturated rings. The van der Waals surface area contributed by atoms with E-state index in [4.69, 9.17) is 28.5 Å². The molecule has 1 unspecified atom stereocenters. The van der Waals surface area contributed by atoms with Crippen molar-refractivity contribution in [3.8, 4) is 12.3 Å². The van der Waals surface area contributed by atoms with Crippen molar-refractivity contribution in [3.63, 3.8) is 0 Å². The molecule has 7 nitrogen and oxygen atoms in total. The molecule has 2 aromatic heterocycles. The van der Waals surface area contributed by atoms with Crippen molar-refractivity contribution in [1.29, 1.82) is 0 Å². The second-order valence-electron chi connectivity index (χ2n) is 4.82. The SMILES string of the molecule is C#CC1(CO)O[C@@H](n2ccc3c([NH-])nc(Cl)nc32)C[C@@H]1O.[Ir]. The number of hydrogen-bond acceptors (Lipinski definition) is 5. The Morgan fingerprint density at radius 3 is 2.91 bits per heavy atom. The summed E-state index contributed by atoms with van der Waals surface area (Å²) in [5, 5.41) is 19.9. The molecule has 3 N–H and O–H groups in total. The number of terminal acetylenes is 1. The second-order valence-corrected chi connectivity index (χ2v) is 5.16. The number of aliphatic hydroxyl groups excluding tert-OH is 2. The molecule has 3 heterocycles. The van der Waals surface area contributed by atoms with Crippen LogP contribution in [0, 0.1) is 12.3 Å². The predicted molar refractivity (Wildman–Crippen MR) is 75.9 cm³/mol. The monoisotopic (exact) mass is 500 g/mol. The summed E-state index contributed by atoms with van der Waals surface area (Å²) in [6.07, 6.45) is 5.62. The van der Waals surface area contributed by atoms with Gasteiger partial charge in [0, 0.05) is 38.1 Å². The average molecular weight is 500 g/mol. The van der Waals surface area contributed by atoms with Gasteiger partial charge in [-0.2, -0.15) is 0 Å². The Labute approximate surface area is 144 Å². The fourth-order valence-electron chi connectivity index (χ4n) is 2.48. The number of nitrogens with one attached hydrogen (secondary N) is 1. The first-order valence-corrected chi connectivity index (χ1v) is 6.59. The summed E-state index contributed by atoms with van der Waals surface area (Å²) in [7, 11) is 0. The Bertz CT molecular complexity index is 747. The van der Waals surface area contributed by atoms with E-state index in [0.29, 0.717) is 11.0 Å². The zero-order valence-corrected chi connectivity index (χ0v) is 14.3. The molecule has 0 spiro atoms. The minimum Gasteiger partial charge on any atom is -0.481 e. The summed E-state index contributed by atoms with van der Waals surface area (Å²) in [5.74, 6) is 2.32. The first kappa shape index (κ1) is 17.2. The van der Waals surface area contributed by atoms with Crippen LogP contribution in [0.3, 0.4) is 0 Å². The number of ether oxygens (including phenoxy) is 1. The van der Waals surface area contributed by atoms with E-state index in [1.807, 2.05) is 0 Å². The fourth-order valence-corrected chi connectivity index (χ4v) is 2.64. The van der Waals surface area contributed by atoms with E-state index in [1.165, 1.54) is 0 Å². The molecule has 1 aliphatic heterocycles. The van der Waals surface area contributed by atoms with Crippen molar-refractivity contribution in [1.82, 2.24) is 14.5 Å². The van der Waals surface area contributed by atoms with Gasteiger partial charge in [0.25, 0.3) is 0 Å². The Morgan fingerprint density at radius 2 is 2.32 bits per heavy atom. The van der Waals surface area contributed by atoms with Gasteiger partial charge < -0.3 is 30.2 Å². The van der Waals surface area contributed by atoms with Gasteiger partial charge in [-0.3, -0.25) is 0 Å². The smallest absolute Gasteiger partial charge is 0.179 e. The van der Waals surface area contributed by atoms with Crippen LogP contribution in [-0.2, 0) is 24.8 Å². The number of aliphatic hydroxyl groups is 2. The summed E-state index contributed by atoms with van der Waals surface area (Å²) >= 11 is 5.78. The minimum absolute atomic E-state index is 0. The summed E-state index contributed by atoms with van der Waals surface area (Å²) < 4.78 is 7.28. The molecule has 0 aliphatic carbocycles. The van der Waals surface area contributed by atoms with Crippen molar-refractivity contribution >= 4 is 28.5 Å². The fraction of sp³-hybridized carbons (Fsp3) is 0.385. The van der Waals surface area contributed by atoms with Crippen LogP contribution in [-0.4, -0.2) is 43.1 Å². The number of rotatable bonds is 2. The Morgan fingerprint density at radius 1 is 1.59 bits per heavy atom. The van der Waals surface area contributed by atoms with Crippen LogP contribution in [0.1, 0.15) is 12.6 Å². The first-order valence-electron chi connectivity index (χ1n) is 6.21. The predicted octanol–water partition coefficient (Wildman–Crippen LogP) is 1.41. The van der Waals surface area contributed by atoms with Crippen LogP contribution in [0.15, 0.2) is 12.3 Å². The van der Waals surface area contributed by atoms with Gasteiger partial charge in [0.1, 0.15) is 23.3 Å². The molecule has 0 amide bonds. The third-order valence-corrected chi connectivity index (χ3v) is 3.81. The van der Waals surface area contributed by atoms with Crippen LogP contribution in [0.5, 0.6) is 0 Å². The maximum atomic E-state index is 10.1. The van der Waals surface area contributed by atoms with Gasteiger partial charge in [-0.25, -0.2) is 4.98 Å². The molecular formula is C13H12ClIrN4O3-. The van der Waals surface area contributed by atoms with E-state index in [-0.39, 0.29) is 37.6 Å². The molecule has 0 aromatic carbocycles. The van der Waals surface area contributed by atoms with E-state index in [1.54, 1.807) is 16.8 Å². The molecule has 0 saturated carbocycles. The van der Waals surface area contributed by atoms with E-state index in [9.17, 15) is 10.2 Å². The summed E-state index contributed by atoms with van der Waals surface area (Å²) in [6.45, 7) is -0.486. The van der Waals surface area contributed by atoms with E-state index in [0.717, 1.165) is 0 Å². The Kier molecular flexibility index (Phi) is 4.78. The molecule has 1 radical (unpaired) electrons. The van der Waals surface area contributed by atoms with Gasteiger partial charge >= 0.3 is 0 Å². The van der Waals surface area contributed by atoms with E-state index in [2.05, 4.69) is 15.9 Å². The molecule has 3 rings (SSSR count). The third-order valence-electron chi connectivity index (χ3n) is 3.64. The average Bonchev–Trinajstić information content (AvgIpc) is 3.00. The Hall–Kier alpha value is -1.20. The van der Waals surface area contributed by atoms with E-state index >= 15 is 0 Å². The molecular weight excluding hydrogens is 488 g/mol. The molecule has 22 heavy (non-hydrogen) atoms. The summed E-state index contributed by atoms with van der Waals surface area (Å²) in [5.41, 5.74) is 6.76. The van der Waals surface area contributed by atoms with Crippen molar-refractivity contribution < 1.29 is 35.1 Å². The van der Waals surface area contributed by atoms with Gasteiger partial charge in [0.05, 0.1) is 6.61 Å². The van der Waals surface area contributed by atoms with Gasteiger partial charge in [-0.15, -0.1) is 6.42 Å². The number of hydrogen-bond donors (Lipinski definition) is 2. The van der Waals surface area contributed by atoms with Gasteiger partial charge in [-0.1, -0.05) is 23.3 Å². The zero-order chi connectivity index (χ0) is 15.2. The van der Waals surface area contributed by atoms with Crippen LogP contribution in [0.25, 0.3) is 16.8 Å². The normalized spacial score (nSPS) is 27.5. The van der Waals surface area contributed by atoms with Crippen molar-refractivity contribution in [2.75, 3.05) is 6.61 Å². The zero-order valence-electron chi connectivity index (χ0n) is 11.2. The number of aromatic nitrogens is 3. The van der Waals surface area contributed by atoms with Crippen molar-refractivity contribution in [2.45, 2.75) is 24.4 Å². The summed E-state index contributed by atoms with van der Waals surface area (Å²) in [6, 6.07) is 1.67. The topological polar surface area (TPSA) is 104 Å². The first-order chi connectivity index (χ1) is 10.0. The van der Waals surface area contributed by atoms with Crippen molar-refractivity contribution in [2.24, 2.45) is 0 Å². The standard InChI is InChI=1S/C13H12ClN4O3.Ir/c1-2-13(6-19)8(20)5-9(21-13)18-4-3-7-10(15)16-12(14)17-11(7)18;/h1,3-4,8-9,19-20H,5-6H2,(H-,15,16,17);/q-1;/t8-,9+,13?;/m0./s1. The maximum Gasteiger partial charge on any atom is 0.179 e. The third kappa shape index (κ3) is 2.50. The molecule has 119 valence electrons. The molecule has 3 atom stereocenters.